The molecule has 4 aromatic rings. The van der Waals surface area contributed by atoms with E-state index < -0.39 is 11.7 Å². The Labute approximate surface area is 140 Å². The van der Waals surface area contributed by atoms with Crippen LogP contribution in [0.3, 0.4) is 0 Å². The number of alkyl halides is 3. The highest BCUT2D eigenvalue weighted by Crippen LogP contribution is 2.31. The van der Waals surface area contributed by atoms with Crippen molar-refractivity contribution >= 4 is 22.7 Å². The second kappa shape index (κ2) is 5.44. The highest BCUT2D eigenvalue weighted by atomic mass is 19.4. The summed E-state index contributed by atoms with van der Waals surface area (Å²) in [5, 5.41) is 1.99. The van der Waals surface area contributed by atoms with Gasteiger partial charge in [0.2, 0.25) is 0 Å². The van der Waals surface area contributed by atoms with Gasteiger partial charge in [0.05, 0.1) is 5.56 Å². The summed E-state index contributed by atoms with van der Waals surface area (Å²) in [6.07, 6.45) is -3.05. The van der Waals surface area contributed by atoms with Gasteiger partial charge in [-0.2, -0.15) is 13.2 Å². The second-order valence-electron chi connectivity index (χ2n) is 5.67. The maximum atomic E-state index is 12.9. The monoisotopic (exact) mass is 340 g/mol. The Morgan fingerprint density at radius 1 is 0.960 bits per heavy atom. The Bertz CT molecular complexity index is 1110. The molecular weight excluding hydrogens is 329 g/mol. The van der Waals surface area contributed by atoms with Crippen LogP contribution in [-0.4, -0.2) is 15.7 Å². The van der Waals surface area contributed by atoms with Crippen LogP contribution in [0.2, 0.25) is 0 Å². The SMILES string of the molecule is O=Cc1c(-c2ccc3ccccc3c2)nc2ccc(C(F)(F)F)cn12. The molecule has 0 amide bonds. The first kappa shape index (κ1) is 15.4. The average Bonchev–Trinajstić information content (AvgIpc) is 2.98. The summed E-state index contributed by atoms with van der Waals surface area (Å²) < 4.78 is 40.0. The van der Waals surface area contributed by atoms with Crippen LogP contribution in [0.5, 0.6) is 0 Å². The maximum absolute atomic E-state index is 12.9. The molecule has 0 fully saturated rings. The van der Waals surface area contributed by atoms with Crippen LogP contribution in [0.1, 0.15) is 16.1 Å². The molecule has 124 valence electrons. The van der Waals surface area contributed by atoms with Crippen molar-refractivity contribution < 1.29 is 18.0 Å². The Hall–Kier alpha value is -3.15. The summed E-state index contributed by atoms with van der Waals surface area (Å²) >= 11 is 0. The molecule has 3 nitrogen and oxygen atoms in total. The van der Waals surface area contributed by atoms with Gasteiger partial charge in [-0.25, -0.2) is 4.98 Å². The number of rotatable bonds is 2. The van der Waals surface area contributed by atoms with E-state index in [1.54, 1.807) is 0 Å². The number of hydrogen-bond acceptors (Lipinski definition) is 2. The molecule has 2 aromatic heterocycles. The second-order valence-corrected chi connectivity index (χ2v) is 5.67. The molecule has 4 rings (SSSR count). The standard InChI is InChI=1S/C19H11F3N2O/c20-19(21,22)15-7-8-17-23-18(16(11-25)24(17)10-15)14-6-5-12-3-1-2-4-13(12)9-14/h1-11H. The first-order valence-corrected chi connectivity index (χ1v) is 7.51. The Kier molecular flexibility index (Phi) is 3.35. The maximum Gasteiger partial charge on any atom is 0.417 e. The fourth-order valence-electron chi connectivity index (χ4n) is 2.89. The lowest BCUT2D eigenvalue weighted by Gasteiger charge is -2.07. The lowest BCUT2D eigenvalue weighted by molar-refractivity contribution is -0.137. The quantitative estimate of drug-likeness (QED) is 0.482. The molecule has 0 N–H and O–H groups in total. The highest BCUT2D eigenvalue weighted by molar-refractivity contribution is 5.91. The van der Waals surface area contributed by atoms with E-state index in [0.29, 0.717) is 23.2 Å². The van der Waals surface area contributed by atoms with Gasteiger partial charge in [-0.3, -0.25) is 9.20 Å². The smallest absolute Gasteiger partial charge is 0.296 e. The molecule has 6 heteroatoms. The van der Waals surface area contributed by atoms with E-state index in [1.807, 2.05) is 42.5 Å². The molecule has 0 saturated heterocycles. The number of pyridine rings is 1. The van der Waals surface area contributed by atoms with Crippen LogP contribution < -0.4 is 0 Å². The van der Waals surface area contributed by atoms with E-state index in [-0.39, 0.29) is 5.69 Å². The van der Waals surface area contributed by atoms with Gasteiger partial charge in [0.1, 0.15) is 17.0 Å². The summed E-state index contributed by atoms with van der Waals surface area (Å²) in [6.45, 7) is 0. The van der Waals surface area contributed by atoms with Gasteiger partial charge >= 0.3 is 6.18 Å². The lowest BCUT2D eigenvalue weighted by atomic mass is 10.0. The molecule has 0 spiro atoms. The molecule has 2 aromatic carbocycles. The van der Waals surface area contributed by atoms with Crippen LogP contribution in [-0.2, 0) is 6.18 Å². The van der Waals surface area contributed by atoms with E-state index in [1.165, 1.54) is 10.5 Å². The highest BCUT2D eigenvalue weighted by Gasteiger charge is 2.31. The summed E-state index contributed by atoms with van der Waals surface area (Å²) in [6, 6.07) is 15.5. The predicted molar refractivity (Wildman–Crippen MR) is 88.5 cm³/mol. The normalized spacial score (nSPS) is 12.0. The van der Waals surface area contributed by atoms with Crippen LogP contribution >= 0.6 is 0 Å². The van der Waals surface area contributed by atoms with Crippen LogP contribution in [0.4, 0.5) is 13.2 Å². The third kappa shape index (κ3) is 2.55. The molecule has 0 radical (unpaired) electrons. The third-order valence-electron chi connectivity index (χ3n) is 4.12. The van der Waals surface area contributed by atoms with Crippen molar-refractivity contribution in [1.29, 1.82) is 0 Å². The Morgan fingerprint density at radius 2 is 1.72 bits per heavy atom. The number of hydrogen-bond donors (Lipinski definition) is 0. The van der Waals surface area contributed by atoms with Gasteiger partial charge in [-0.1, -0.05) is 36.4 Å². The number of carbonyl (C=O) groups is 1. The Morgan fingerprint density at radius 3 is 2.44 bits per heavy atom. The third-order valence-corrected chi connectivity index (χ3v) is 4.12. The van der Waals surface area contributed by atoms with Gasteiger partial charge in [0, 0.05) is 11.8 Å². The first-order valence-electron chi connectivity index (χ1n) is 7.51. The molecule has 0 aliphatic carbocycles. The number of benzene rings is 2. The van der Waals surface area contributed by atoms with Gasteiger partial charge in [-0.05, 0) is 29.0 Å². The zero-order chi connectivity index (χ0) is 17.6. The van der Waals surface area contributed by atoms with E-state index in [2.05, 4.69) is 4.98 Å². The summed E-state index contributed by atoms with van der Waals surface area (Å²) in [5.74, 6) is 0. The largest absolute Gasteiger partial charge is 0.417 e. The zero-order valence-corrected chi connectivity index (χ0v) is 12.8. The van der Waals surface area contributed by atoms with Crippen molar-refractivity contribution in [3.8, 4) is 11.3 Å². The fourth-order valence-corrected chi connectivity index (χ4v) is 2.89. The molecular formula is C19H11F3N2O. The van der Waals surface area contributed by atoms with E-state index in [0.717, 1.165) is 23.0 Å². The summed E-state index contributed by atoms with van der Waals surface area (Å²) in [7, 11) is 0. The van der Waals surface area contributed by atoms with E-state index in [4.69, 9.17) is 0 Å². The fraction of sp³-hybridized carbons (Fsp3) is 0.0526. The molecule has 0 aliphatic heterocycles. The average molecular weight is 340 g/mol. The van der Waals surface area contributed by atoms with Crippen LogP contribution in [0.15, 0.2) is 60.8 Å². The van der Waals surface area contributed by atoms with E-state index in [9.17, 15) is 18.0 Å². The minimum Gasteiger partial charge on any atom is -0.296 e. The van der Waals surface area contributed by atoms with Gasteiger partial charge < -0.3 is 0 Å². The van der Waals surface area contributed by atoms with Gasteiger partial charge in [-0.15, -0.1) is 0 Å². The molecule has 0 aliphatic rings. The number of aromatic nitrogens is 2. The van der Waals surface area contributed by atoms with Gasteiger partial charge in [0.25, 0.3) is 0 Å². The lowest BCUT2D eigenvalue weighted by Crippen LogP contribution is -2.06. The number of aldehydes is 1. The molecule has 2 heterocycles. The summed E-state index contributed by atoms with van der Waals surface area (Å²) in [5.41, 5.74) is 0.596. The molecule has 0 saturated carbocycles. The number of fused-ring (bicyclic) bond motifs is 2. The minimum absolute atomic E-state index is 0.0939. The van der Waals surface area contributed by atoms with Gasteiger partial charge in [0.15, 0.2) is 6.29 Å². The molecule has 25 heavy (non-hydrogen) atoms. The number of imidazole rings is 1. The number of carbonyl (C=O) groups excluding carboxylic acids is 1. The summed E-state index contributed by atoms with van der Waals surface area (Å²) in [4.78, 5) is 15.9. The number of halogens is 3. The molecule has 0 bridgehead atoms. The van der Waals surface area contributed by atoms with Crippen LogP contribution in [0, 0.1) is 0 Å². The Balaban J connectivity index is 1.95. The van der Waals surface area contributed by atoms with Crippen LogP contribution in [0.25, 0.3) is 27.7 Å². The predicted octanol–water partition coefficient (Wildman–Crippen LogP) is 4.99. The zero-order valence-electron chi connectivity index (χ0n) is 12.8. The number of nitrogens with zero attached hydrogens (tertiary/aromatic N) is 2. The molecule has 0 unspecified atom stereocenters. The van der Waals surface area contributed by atoms with Crippen molar-refractivity contribution in [2.75, 3.05) is 0 Å². The molecule has 0 atom stereocenters. The van der Waals surface area contributed by atoms with Crippen molar-refractivity contribution in [2.45, 2.75) is 6.18 Å². The van der Waals surface area contributed by atoms with Crippen molar-refractivity contribution in [3.05, 3.63) is 72.1 Å². The topological polar surface area (TPSA) is 34.4 Å². The first-order chi connectivity index (χ1) is 12.0. The van der Waals surface area contributed by atoms with Crippen molar-refractivity contribution in [2.24, 2.45) is 0 Å². The van der Waals surface area contributed by atoms with Crippen molar-refractivity contribution in [1.82, 2.24) is 9.38 Å². The van der Waals surface area contributed by atoms with Crippen molar-refractivity contribution in [3.63, 3.8) is 0 Å². The van der Waals surface area contributed by atoms with E-state index >= 15 is 0 Å². The minimum atomic E-state index is -4.48.